The van der Waals surface area contributed by atoms with Gasteiger partial charge in [0.1, 0.15) is 17.5 Å². The molecule has 1 atom stereocenters. The predicted molar refractivity (Wildman–Crippen MR) is 140 cm³/mol. The molecule has 0 saturated heterocycles. The van der Waals surface area contributed by atoms with Gasteiger partial charge in [-0.3, -0.25) is 0 Å². The van der Waals surface area contributed by atoms with Gasteiger partial charge in [0.15, 0.2) is 0 Å². The summed E-state index contributed by atoms with van der Waals surface area (Å²) in [5.74, 6) is 0.144. The molecule has 2 aromatic carbocycles. The number of nitrogens with zero attached hydrogens (tertiary/aromatic N) is 2. The van der Waals surface area contributed by atoms with Crippen molar-refractivity contribution in [2.45, 2.75) is 31.7 Å². The number of aromatic nitrogens is 1. The summed E-state index contributed by atoms with van der Waals surface area (Å²) in [7, 11) is 3.25. The smallest absolute Gasteiger partial charge is 0.326 e. The molecule has 8 nitrogen and oxygen atoms in total. The largest absolute Gasteiger partial charge is 0.497 e. The summed E-state index contributed by atoms with van der Waals surface area (Å²) in [5.41, 5.74) is 2.36. The summed E-state index contributed by atoms with van der Waals surface area (Å²) in [6.07, 6.45) is 4.57. The average Bonchev–Trinajstić information content (AvgIpc) is 2.90. The minimum atomic E-state index is -1.11. The monoisotopic (exact) mass is 491 g/mol. The Labute approximate surface area is 211 Å². The van der Waals surface area contributed by atoms with Crippen molar-refractivity contribution in [2.24, 2.45) is 0 Å². The maximum absolute atomic E-state index is 12.5. The van der Waals surface area contributed by atoms with E-state index in [1.165, 1.54) is 4.90 Å². The molecule has 0 aliphatic carbocycles. The SMILES string of the molecule is C=CCCCCN(C)C(=O)N[C@@H](CCOc1cc(-c2ccccc2)nc2cc(OC)ccc12)C(=O)O. The average molecular weight is 492 g/mol. The molecule has 3 aromatic rings. The number of pyridine rings is 1. The van der Waals surface area contributed by atoms with E-state index in [1.54, 1.807) is 14.2 Å². The zero-order valence-corrected chi connectivity index (χ0v) is 20.8. The van der Waals surface area contributed by atoms with Crippen LogP contribution in [-0.4, -0.2) is 60.3 Å². The Kier molecular flexibility index (Phi) is 9.68. The maximum Gasteiger partial charge on any atom is 0.326 e. The number of carboxylic acid groups (broad SMARTS) is 1. The highest BCUT2D eigenvalue weighted by atomic mass is 16.5. The van der Waals surface area contributed by atoms with Crippen molar-refractivity contribution in [3.05, 3.63) is 67.3 Å². The Balaban J connectivity index is 1.71. The lowest BCUT2D eigenvalue weighted by atomic mass is 10.1. The van der Waals surface area contributed by atoms with Gasteiger partial charge in [0, 0.05) is 43.1 Å². The van der Waals surface area contributed by atoms with Crippen molar-refractivity contribution in [2.75, 3.05) is 27.3 Å². The Morgan fingerprint density at radius 1 is 1.17 bits per heavy atom. The number of ether oxygens (including phenoxy) is 2. The first-order valence-corrected chi connectivity index (χ1v) is 11.9. The van der Waals surface area contributed by atoms with Crippen LogP contribution in [0.4, 0.5) is 4.79 Å². The van der Waals surface area contributed by atoms with Crippen LogP contribution in [0.5, 0.6) is 11.5 Å². The minimum Gasteiger partial charge on any atom is -0.497 e. The summed E-state index contributed by atoms with van der Waals surface area (Å²) in [4.78, 5) is 30.5. The summed E-state index contributed by atoms with van der Waals surface area (Å²) in [6.45, 7) is 4.32. The molecule has 3 rings (SSSR count). The van der Waals surface area contributed by atoms with Gasteiger partial charge in [-0.1, -0.05) is 36.4 Å². The molecule has 0 aliphatic heterocycles. The van der Waals surface area contributed by atoms with Crippen molar-refractivity contribution < 1.29 is 24.2 Å². The first kappa shape index (κ1) is 26.5. The third-order valence-electron chi connectivity index (χ3n) is 5.81. The number of hydrogen-bond acceptors (Lipinski definition) is 5. The summed E-state index contributed by atoms with van der Waals surface area (Å²) in [6, 6.07) is 15.6. The second-order valence-electron chi connectivity index (χ2n) is 8.44. The topological polar surface area (TPSA) is 101 Å². The molecule has 2 amide bonds. The number of benzene rings is 2. The number of methoxy groups -OCH3 is 1. The molecule has 2 N–H and O–H groups in total. The van der Waals surface area contributed by atoms with Crippen LogP contribution in [0.15, 0.2) is 67.3 Å². The zero-order valence-electron chi connectivity index (χ0n) is 20.8. The quantitative estimate of drug-likeness (QED) is 0.254. The van der Waals surface area contributed by atoms with Crippen molar-refractivity contribution in [1.29, 1.82) is 0 Å². The van der Waals surface area contributed by atoms with E-state index in [0.717, 1.165) is 35.9 Å². The van der Waals surface area contributed by atoms with Crippen molar-refractivity contribution >= 4 is 22.9 Å². The Morgan fingerprint density at radius 3 is 2.64 bits per heavy atom. The first-order chi connectivity index (χ1) is 17.4. The van der Waals surface area contributed by atoms with Gasteiger partial charge in [-0.25, -0.2) is 14.6 Å². The normalized spacial score (nSPS) is 11.5. The molecular weight excluding hydrogens is 458 g/mol. The highest BCUT2D eigenvalue weighted by Gasteiger charge is 2.22. The van der Waals surface area contributed by atoms with Crippen LogP contribution in [-0.2, 0) is 4.79 Å². The fraction of sp³-hybridized carbons (Fsp3) is 0.321. The second kappa shape index (κ2) is 13.1. The highest BCUT2D eigenvalue weighted by Crippen LogP contribution is 2.32. The van der Waals surface area contributed by atoms with E-state index in [9.17, 15) is 14.7 Å². The van der Waals surface area contributed by atoms with E-state index in [2.05, 4.69) is 11.9 Å². The van der Waals surface area contributed by atoms with Gasteiger partial charge < -0.3 is 24.8 Å². The number of hydrogen-bond donors (Lipinski definition) is 2. The third kappa shape index (κ3) is 7.21. The van der Waals surface area contributed by atoms with Crippen LogP contribution in [0.25, 0.3) is 22.2 Å². The lowest BCUT2D eigenvalue weighted by Gasteiger charge is -2.21. The fourth-order valence-electron chi connectivity index (χ4n) is 3.72. The molecule has 0 bridgehead atoms. The van der Waals surface area contributed by atoms with Crippen LogP contribution in [0.2, 0.25) is 0 Å². The van der Waals surface area contributed by atoms with Gasteiger partial charge in [0.25, 0.3) is 0 Å². The number of unbranched alkanes of at least 4 members (excludes halogenated alkanes) is 2. The second-order valence-corrected chi connectivity index (χ2v) is 8.44. The fourth-order valence-corrected chi connectivity index (χ4v) is 3.72. The standard InChI is InChI=1S/C28H33N3O5/c1-4-5-6-10-16-31(2)28(34)30-23(27(32)33)15-17-36-26-19-24(20-11-8-7-9-12-20)29-25-18-21(35-3)13-14-22(25)26/h4,7-9,11-14,18-19,23H,1,5-6,10,15-17H2,2-3H3,(H,30,34)(H,32,33)/t23-/m0/s1. The van der Waals surface area contributed by atoms with Crippen LogP contribution in [0, 0.1) is 0 Å². The van der Waals surface area contributed by atoms with E-state index < -0.39 is 18.0 Å². The first-order valence-electron chi connectivity index (χ1n) is 11.9. The minimum absolute atomic E-state index is 0.0969. The lowest BCUT2D eigenvalue weighted by molar-refractivity contribution is -0.139. The number of aliphatic carboxylic acids is 1. The molecular formula is C28H33N3O5. The van der Waals surface area contributed by atoms with Gasteiger partial charge in [0.05, 0.1) is 24.9 Å². The molecule has 0 radical (unpaired) electrons. The Morgan fingerprint density at radius 2 is 1.94 bits per heavy atom. The number of carbonyl (C=O) groups is 2. The van der Waals surface area contributed by atoms with Crippen LogP contribution in [0.3, 0.4) is 0 Å². The molecule has 1 heterocycles. The highest BCUT2D eigenvalue weighted by molar-refractivity contribution is 5.89. The summed E-state index contributed by atoms with van der Waals surface area (Å²) < 4.78 is 11.4. The third-order valence-corrected chi connectivity index (χ3v) is 5.81. The number of rotatable bonds is 13. The summed E-state index contributed by atoms with van der Waals surface area (Å²) in [5, 5.41) is 13.0. The van der Waals surface area contributed by atoms with Gasteiger partial charge in [-0.2, -0.15) is 0 Å². The van der Waals surface area contributed by atoms with Gasteiger partial charge in [-0.15, -0.1) is 6.58 Å². The van der Waals surface area contributed by atoms with Crippen molar-refractivity contribution in [3.8, 4) is 22.8 Å². The van der Waals surface area contributed by atoms with Crippen molar-refractivity contribution in [1.82, 2.24) is 15.2 Å². The number of fused-ring (bicyclic) bond motifs is 1. The number of allylic oxidation sites excluding steroid dienone is 1. The zero-order chi connectivity index (χ0) is 25.9. The molecule has 0 fully saturated rings. The molecule has 190 valence electrons. The molecule has 8 heteroatoms. The molecule has 0 unspecified atom stereocenters. The van der Waals surface area contributed by atoms with Gasteiger partial charge in [0.2, 0.25) is 0 Å². The molecule has 0 spiro atoms. The van der Waals surface area contributed by atoms with E-state index in [-0.39, 0.29) is 13.0 Å². The van der Waals surface area contributed by atoms with Crippen LogP contribution >= 0.6 is 0 Å². The number of carboxylic acids is 1. The van der Waals surface area contributed by atoms with Crippen LogP contribution in [0.1, 0.15) is 25.7 Å². The maximum atomic E-state index is 12.5. The molecule has 1 aromatic heterocycles. The molecule has 0 saturated carbocycles. The van der Waals surface area contributed by atoms with Crippen LogP contribution < -0.4 is 14.8 Å². The van der Waals surface area contributed by atoms with E-state index in [0.29, 0.717) is 23.6 Å². The van der Waals surface area contributed by atoms with Crippen molar-refractivity contribution in [3.63, 3.8) is 0 Å². The van der Waals surface area contributed by atoms with E-state index >= 15 is 0 Å². The number of amides is 2. The number of urea groups is 1. The lowest BCUT2D eigenvalue weighted by Crippen LogP contribution is -2.47. The molecule has 36 heavy (non-hydrogen) atoms. The number of nitrogens with one attached hydrogen (secondary N) is 1. The van der Waals surface area contributed by atoms with E-state index in [1.807, 2.05) is 60.7 Å². The van der Waals surface area contributed by atoms with E-state index in [4.69, 9.17) is 14.5 Å². The van der Waals surface area contributed by atoms with Gasteiger partial charge >= 0.3 is 12.0 Å². The molecule has 0 aliphatic rings. The summed E-state index contributed by atoms with van der Waals surface area (Å²) >= 11 is 0. The van der Waals surface area contributed by atoms with Gasteiger partial charge in [-0.05, 0) is 31.4 Å². The Bertz CT molecular complexity index is 1180. The Hall–Kier alpha value is -4.07. The predicted octanol–water partition coefficient (Wildman–Crippen LogP) is 5.13. The number of carbonyl (C=O) groups excluding carboxylic acids is 1.